The molecule has 16 heavy (non-hydrogen) atoms. The third-order valence-corrected chi connectivity index (χ3v) is 2.90. The fourth-order valence-electron chi connectivity index (χ4n) is 2.05. The minimum absolute atomic E-state index is 0. The highest BCUT2D eigenvalue weighted by Crippen LogP contribution is 2.21. The van der Waals surface area contributed by atoms with E-state index in [9.17, 15) is 4.79 Å². The Morgan fingerprint density at radius 1 is 1.38 bits per heavy atom. The van der Waals surface area contributed by atoms with E-state index in [1.54, 1.807) is 6.07 Å². The van der Waals surface area contributed by atoms with Crippen molar-refractivity contribution in [3.8, 4) is 0 Å². The number of hydrogen-bond donors (Lipinski definition) is 2. The number of rotatable bonds is 1. The third kappa shape index (κ3) is 3.43. The molecule has 1 atom stereocenters. The molecule has 0 bridgehead atoms. The standard InChI is InChI=1S/C11H16N2O.2BrH/c1-2-8-7-12-6-5-9-3-4-10(14)13-11(8)9;;/h3-4,8,12H,2,5-7H2,1H3,(H,13,14);2*1H. The number of aromatic amines is 1. The molecular weight excluding hydrogens is 336 g/mol. The normalized spacial score (nSPS) is 18.7. The zero-order valence-electron chi connectivity index (χ0n) is 9.29. The van der Waals surface area contributed by atoms with Crippen molar-refractivity contribution in [1.82, 2.24) is 10.3 Å². The van der Waals surface area contributed by atoms with E-state index in [2.05, 4.69) is 17.2 Å². The quantitative estimate of drug-likeness (QED) is 0.812. The molecule has 3 nitrogen and oxygen atoms in total. The van der Waals surface area contributed by atoms with E-state index in [0.717, 1.165) is 31.6 Å². The maximum Gasteiger partial charge on any atom is 0.248 e. The second-order valence-electron chi connectivity index (χ2n) is 3.82. The number of nitrogens with one attached hydrogen (secondary N) is 2. The molecule has 0 aliphatic carbocycles. The van der Waals surface area contributed by atoms with Gasteiger partial charge in [-0.25, -0.2) is 0 Å². The Bertz CT molecular complexity index is 378. The monoisotopic (exact) mass is 352 g/mol. The van der Waals surface area contributed by atoms with E-state index < -0.39 is 0 Å². The van der Waals surface area contributed by atoms with Gasteiger partial charge in [-0.2, -0.15) is 0 Å². The van der Waals surface area contributed by atoms with Crippen LogP contribution in [0.3, 0.4) is 0 Å². The van der Waals surface area contributed by atoms with Gasteiger partial charge in [-0.15, -0.1) is 34.0 Å². The maximum absolute atomic E-state index is 11.2. The van der Waals surface area contributed by atoms with Gasteiger partial charge in [-0.3, -0.25) is 4.79 Å². The molecule has 1 unspecified atom stereocenters. The Hall–Kier alpha value is -0.130. The Morgan fingerprint density at radius 3 is 2.81 bits per heavy atom. The first-order valence-electron chi connectivity index (χ1n) is 5.24. The molecule has 2 rings (SSSR count). The zero-order valence-corrected chi connectivity index (χ0v) is 12.7. The second kappa shape index (κ2) is 7.25. The van der Waals surface area contributed by atoms with Gasteiger partial charge in [-0.1, -0.05) is 13.0 Å². The molecule has 0 radical (unpaired) electrons. The summed E-state index contributed by atoms with van der Waals surface area (Å²) in [6, 6.07) is 3.58. The number of H-pyrrole nitrogens is 1. The van der Waals surface area contributed by atoms with Gasteiger partial charge in [0.2, 0.25) is 5.56 Å². The number of pyridine rings is 1. The van der Waals surface area contributed by atoms with Crippen molar-refractivity contribution in [2.24, 2.45) is 0 Å². The van der Waals surface area contributed by atoms with Crippen LogP contribution < -0.4 is 10.9 Å². The lowest BCUT2D eigenvalue weighted by Crippen LogP contribution is -2.20. The fraction of sp³-hybridized carbons (Fsp3) is 0.545. The molecule has 0 fully saturated rings. The van der Waals surface area contributed by atoms with Gasteiger partial charge in [0.05, 0.1) is 0 Å². The SMILES string of the molecule is Br.Br.CCC1CNCCc2ccc(=O)[nH]c21. The van der Waals surface area contributed by atoms with Crippen LogP contribution >= 0.6 is 34.0 Å². The van der Waals surface area contributed by atoms with Crippen molar-refractivity contribution in [2.45, 2.75) is 25.7 Å². The molecule has 5 heteroatoms. The predicted molar refractivity (Wildman–Crippen MR) is 77.3 cm³/mol. The predicted octanol–water partition coefficient (Wildman–Crippen LogP) is 2.17. The number of halogens is 2. The number of aromatic nitrogens is 1. The van der Waals surface area contributed by atoms with E-state index in [0.29, 0.717) is 5.92 Å². The Morgan fingerprint density at radius 2 is 2.12 bits per heavy atom. The summed E-state index contributed by atoms with van der Waals surface area (Å²) in [5.74, 6) is 0.460. The van der Waals surface area contributed by atoms with Gasteiger partial charge in [0.1, 0.15) is 0 Å². The average Bonchev–Trinajstić information content (AvgIpc) is 2.39. The van der Waals surface area contributed by atoms with E-state index in [1.165, 1.54) is 5.56 Å². The summed E-state index contributed by atoms with van der Waals surface area (Å²) in [7, 11) is 0. The van der Waals surface area contributed by atoms with Gasteiger partial charge in [0, 0.05) is 24.2 Å². The topological polar surface area (TPSA) is 44.9 Å². The van der Waals surface area contributed by atoms with E-state index >= 15 is 0 Å². The number of hydrogen-bond acceptors (Lipinski definition) is 2. The Kier molecular flexibility index (Phi) is 7.19. The molecule has 1 aromatic heterocycles. The van der Waals surface area contributed by atoms with Crippen LogP contribution in [0.4, 0.5) is 0 Å². The molecule has 92 valence electrons. The van der Waals surface area contributed by atoms with Crippen LogP contribution in [0.25, 0.3) is 0 Å². The molecule has 0 saturated carbocycles. The molecule has 0 saturated heterocycles. The van der Waals surface area contributed by atoms with Crippen molar-refractivity contribution >= 4 is 34.0 Å². The fourth-order valence-corrected chi connectivity index (χ4v) is 2.05. The third-order valence-electron chi connectivity index (χ3n) is 2.90. The van der Waals surface area contributed by atoms with Crippen LogP contribution in [0, 0.1) is 0 Å². The van der Waals surface area contributed by atoms with Crippen LogP contribution in [0.15, 0.2) is 16.9 Å². The summed E-state index contributed by atoms with van der Waals surface area (Å²) in [4.78, 5) is 14.2. The highest BCUT2D eigenvalue weighted by Gasteiger charge is 2.17. The van der Waals surface area contributed by atoms with Crippen molar-refractivity contribution in [3.63, 3.8) is 0 Å². The molecule has 1 aliphatic rings. The highest BCUT2D eigenvalue weighted by molar-refractivity contribution is 8.93. The zero-order chi connectivity index (χ0) is 9.97. The van der Waals surface area contributed by atoms with E-state index in [-0.39, 0.29) is 39.5 Å². The van der Waals surface area contributed by atoms with Crippen LogP contribution in [0.2, 0.25) is 0 Å². The lowest BCUT2D eigenvalue weighted by atomic mass is 9.98. The molecular formula is C11H18Br2N2O. The highest BCUT2D eigenvalue weighted by atomic mass is 79.9. The van der Waals surface area contributed by atoms with Crippen molar-refractivity contribution < 1.29 is 0 Å². The van der Waals surface area contributed by atoms with Gasteiger partial charge in [0.15, 0.2) is 0 Å². The molecule has 0 amide bonds. The van der Waals surface area contributed by atoms with Crippen LogP contribution in [0.5, 0.6) is 0 Å². The summed E-state index contributed by atoms with van der Waals surface area (Å²) in [5.41, 5.74) is 2.45. The summed E-state index contributed by atoms with van der Waals surface area (Å²) in [6.07, 6.45) is 2.09. The van der Waals surface area contributed by atoms with Gasteiger partial charge in [0.25, 0.3) is 0 Å². The van der Waals surface area contributed by atoms with Crippen LogP contribution in [0.1, 0.15) is 30.5 Å². The molecule has 2 heterocycles. The first kappa shape index (κ1) is 15.9. The molecule has 1 aromatic rings. The lowest BCUT2D eigenvalue weighted by Gasteiger charge is -2.14. The minimum atomic E-state index is 0. The first-order chi connectivity index (χ1) is 6.81. The average molecular weight is 354 g/mol. The van der Waals surface area contributed by atoms with Gasteiger partial charge >= 0.3 is 0 Å². The smallest absolute Gasteiger partial charge is 0.248 e. The van der Waals surface area contributed by atoms with E-state index in [1.807, 2.05) is 6.07 Å². The maximum atomic E-state index is 11.2. The van der Waals surface area contributed by atoms with Gasteiger partial charge in [-0.05, 0) is 24.9 Å². The first-order valence-corrected chi connectivity index (χ1v) is 5.24. The second-order valence-corrected chi connectivity index (χ2v) is 3.82. The van der Waals surface area contributed by atoms with Crippen molar-refractivity contribution in [3.05, 3.63) is 33.7 Å². The molecule has 1 aliphatic heterocycles. The summed E-state index contributed by atoms with van der Waals surface area (Å²) >= 11 is 0. The van der Waals surface area contributed by atoms with Crippen molar-refractivity contribution in [1.29, 1.82) is 0 Å². The van der Waals surface area contributed by atoms with Crippen molar-refractivity contribution in [2.75, 3.05) is 13.1 Å². The van der Waals surface area contributed by atoms with Gasteiger partial charge < -0.3 is 10.3 Å². The Balaban J connectivity index is 0.00000112. The van der Waals surface area contributed by atoms with E-state index in [4.69, 9.17) is 0 Å². The minimum Gasteiger partial charge on any atom is -0.326 e. The summed E-state index contributed by atoms with van der Waals surface area (Å²) in [6.45, 7) is 4.14. The summed E-state index contributed by atoms with van der Waals surface area (Å²) < 4.78 is 0. The largest absolute Gasteiger partial charge is 0.326 e. The summed E-state index contributed by atoms with van der Waals surface area (Å²) in [5, 5.41) is 3.39. The lowest BCUT2D eigenvalue weighted by molar-refractivity contribution is 0.584. The molecule has 0 aromatic carbocycles. The number of fused-ring (bicyclic) bond motifs is 1. The van der Waals surface area contributed by atoms with Crippen LogP contribution in [-0.4, -0.2) is 18.1 Å². The van der Waals surface area contributed by atoms with Crippen LogP contribution in [-0.2, 0) is 6.42 Å². The Labute approximate surface area is 117 Å². The molecule has 0 spiro atoms. The molecule has 2 N–H and O–H groups in total.